The summed E-state index contributed by atoms with van der Waals surface area (Å²) >= 11 is 0. The number of nitrogens with one attached hydrogen (secondary N) is 1. The third kappa shape index (κ3) is 4.36. The SMILES string of the molecule is CC(C)C(O)CCNC(=O)c1cnc(-c2ccccc2)nc1. The van der Waals surface area contributed by atoms with Crippen LogP contribution in [-0.2, 0) is 0 Å². The smallest absolute Gasteiger partial charge is 0.254 e. The molecule has 2 N–H and O–H groups in total. The largest absolute Gasteiger partial charge is 0.393 e. The lowest BCUT2D eigenvalue weighted by Gasteiger charge is -2.14. The first kappa shape index (κ1) is 16.1. The van der Waals surface area contributed by atoms with Crippen LogP contribution in [0.2, 0.25) is 0 Å². The van der Waals surface area contributed by atoms with Gasteiger partial charge in [-0.1, -0.05) is 44.2 Å². The Kier molecular flexibility index (Phi) is 5.61. The molecule has 1 amide bonds. The van der Waals surface area contributed by atoms with Crippen LogP contribution >= 0.6 is 0 Å². The molecular weight excluding hydrogens is 278 g/mol. The van der Waals surface area contributed by atoms with Gasteiger partial charge in [0.05, 0.1) is 11.7 Å². The van der Waals surface area contributed by atoms with Crippen LogP contribution in [0.1, 0.15) is 30.6 Å². The molecule has 0 spiro atoms. The van der Waals surface area contributed by atoms with Gasteiger partial charge < -0.3 is 10.4 Å². The van der Waals surface area contributed by atoms with E-state index < -0.39 is 6.10 Å². The summed E-state index contributed by atoms with van der Waals surface area (Å²) in [5.74, 6) is 0.549. The summed E-state index contributed by atoms with van der Waals surface area (Å²) in [5.41, 5.74) is 1.33. The molecule has 1 aromatic heterocycles. The van der Waals surface area contributed by atoms with E-state index in [9.17, 15) is 9.90 Å². The van der Waals surface area contributed by atoms with Gasteiger partial charge in [0, 0.05) is 24.5 Å². The number of aliphatic hydroxyl groups is 1. The third-order valence-electron chi connectivity index (χ3n) is 3.44. The molecular formula is C17H21N3O2. The lowest BCUT2D eigenvalue weighted by Crippen LogP contribution is -2.28. The summed E-state index contributed by atoms with van der Waals surface area (Å²) in [6, 6.07) is 9.60. The molecule has 5 nitrogen and oxygen atoms in total. The molecule has 0 aliphatic carbocycles. The maximum absolute atomic E-state index is 12.0. The topological polar surface area (TPSA) is 75.1 Å². The zero-order valence-corrected chi connectivity index (χ0v) is 12.9. The fourth-order valence-electron chi connectivity index (χ4n) is 1.95. The molecule has 5 heteroatoms. The first-order valence-electron chi connectivity index (χ1n) is 7.41. The Morgan fingerprint density at radius 2 is 1.82 bits per heavy atom. The minimum atomic E-state index is -0.406. The van der Waals surface area contributed by atoms with E-state index in [-0.39, 0.29) is 11.8 Å². The monoisotopic (exact) mass is 299 g/mol. The number of aliphatic hydroxyl groups excluding tert-OH is 1. The van der Waals surface area contributed by atoms with Gasteiger partial charge >= 0.3 is 0 Å². The van der Waals surface area contributed by atoms with Gasteiger partial charge in [-0.05, 0) is 12.3 Å². The average Bonchev–Trinajstić information content (AvgIpc) is 2.55. The van der Waals surface area contributed by atoms with Crippen molar-refractivity contribution < 1.29 is 9.90 Å². The van der Waals surface area contributed by atoms with Gasteiger partial charge in [-0.15, -0.1) is 0 Å². The van der Waals surface area contributed by atoms with E-state index in [2.05, 4.69) is 15.3 Å². The molecule has 1 unspecified atom stereocenters. The number of carbonyl (C=O) groups excluding carboxylic acids is 1. The molecule has 1 heterocycles. The van der Waals surface area contributed by atoms with Gasteiger partial charge in [0.2, 0.25) is 0 Å². The fourth-order valence-corrected chi connectivity index (χ4v) is 1.95. The van der Waals surface area contributed by atoms with E-state index in [1.807, 2.05) is 44.2 Å². The summed E-state index contributed by atoms with van der Waals surface area (Å²) in [6.45, 7) is 4.32. The highest BCUT2D eigenvalue weighted by molar-refractivity contribution is 5.93. The highest BCUT2D eigenvalue weighted by Crippen LogP contribution is 2.13. The number of benzene rings is 1. The quantitative estimate of drug-likeness (QED) is 0.858. The van der Waals surface area contributed by atoms with Crippen molar-refractivity contribution in [2.75, 3.05) is 6.54 Å². The predicted octanol–water partition coefficient (Wildman–Crippen LogP) is 2.28. The van der Waals surface area contributed by atoms with Crippen LogP contribution in [0.4, 0.5) is 0 Å². The molecule has 0 fully saturated rings. The fraction of sp³-hybridized carbons (Fsp3) is 0.353. The molecule has 2 aromatic rings. The van der Waals surface area contributed by atoms with Crippen LogP contribution in [0, 0.1) is 5.92 Å². The molecule has 0 bridgehead atoms. The molecule has 0 saturated carbocycles. The van der Waals surface area contributed by atoms with E-state index >= 15 is 0 Å². The Balaban J connectivity index is 1.91. The number of amides is 1. The number of aromatic nitrogens is 2. The molecule has 22 heavy (non-hydrogen) atoms. The van der Waals surface area contributed by atoms with Crippen molar-refractivity contribution in [3.8, 4) is 11.4 Å². The number of hydrogen-bond acceptors (Lipinski definition) is 4. The molecule has 1 atom stereocenters. The van der Waals surface area contributed by atoms with Crippen molar-refractivity contribution in [3.05, 3.63) is 48.3 Å². The van der Waals surface area contributed by atoms with E-state index in [1.54, 1.807) is 0 Å². The van der Waals surface area contributed by atoms with Gasteiger partial charge in [-0.3, -0.25) is 4.79 Å². The van der Waals surface area contributed by atoms with Crippen LogP contribution in [0.25, 0.3) is 11.4 Å². The second kappa shape index (κ2) is 7.66. The van der Waals surface area contributed by atoms with Crippen molar-refractivity contribution in [3.63, 3.8) is 0 Å². The summed E-state index contributed by atoms with van der Waals surface area (Å²) in [4.78, 5) is 20.4. The van der Waals surface area contributed by atoms with Gasteiger partial charge in [0.1, 0.15) is 0 Å². The lowest BCUT2D eigenvalue weighted by atomic mass is 10.0. The summed E-state index contributed by atoms with van der Waals surface area (Å²) in [6.07, 6.45) is 3.16. The van der Waals surface area contributed by atoms with Crippen molar-refractivity contribution >= 4 is 5.91 Å². The standard InChI is InChI=1S/C17H21N3O2/c1-12(2)15(21)8-9-18-17(22)14-10-19-16(20-11-14)13-6-4-3-5-7-13/h3-7,10-12,15,21H,8-9H2,1-2H3,(H,18,22). The van der Waals surface area contributed by atoms with Crippen molar-refractivity contribution in [2.24, 2.45) is 5.92 Å². The minimum Gasteiger partial charge on any atom is -0.393 e. The first-order chi connectivity index (χ1) is 10.6. The minimum absolute atomic E-state index is 0.186. The van der Waals surface area contributed by atoms with E-state index in [0.717, 1.165) is 5.56 Å². The van der Waals surface area contributed by atoms with Gasteiger partial charge in [0.15, 0.2) is 5.82 Å². The highest BCUT2D eigenvalue weighted by Gasteiger charge is 2.11. The Bertz CT molecular complexity index is 597. The van der Waals surface area contributed by atoms with E-state index in [4.69, 9.17) is 0 Å². The molecule has 0 aliphatic rings. The van der Waals surface area contributed by atoms with Gasteiger partial charge in [0.25, 0.3) is 5.91 Å². The Labute approximate surface area is 130 Å². The maximum atomic E-state index is 12.0. The Hall–Kier alpha value is -2.27. The second-order valence-corrected chi connectivity index (χ2v) is 5.52. The third-order valence-corrected chi connectivity index (χ3v) is 3.44. The number of hydrogen-bond donors (Lipinski definition) is 2. The number of carbonyl (C=O) groups is 1. The van der Waals surface area contributed by atoms with Gasteiger partial charge in [-0.25, -0.2) is 9.97 Å². The molecule has 0 saturated heterocycles. The van der Waals surface area contributed by atoms with Crippen molar-refractivity contribution in [1.82, 2.24) is 15.3 Å². The average molecular weight is 299 g/mol. The zero-order valence-electron chi connectivity index (χ0n) is 12.9. The summed E-state index contributed by atoms with van der Waals surface area (Å²) < 4.78 is 0. The van der Waals surface area contributed by atoms with Crippen LogP contribution in [0.5, 0.6) is 0 Å². The lowest BCUT2D eigenvalue weighted by molar-refractivity contribution is 0.0919. The molecule has 0 aliphatic heterocycles. The molecule has 116 valence electrons. The predicted molar refractivity (Wildman–Crippen MR) is 85.3 cm³/mol. The molecule has 0 radical (unpaired) electrons. The van der Waals surface area contributed by atoms with Crippen LogP contribution in [-0.4, -0.2) is 33.6 Å². The molecule has 1 aromatic carbocycles. The van der Waals surface area contributed by atoms with Crippen molar-refractivity contribution in [1.29, 1.82) is 0 Å². The van der Waals surface area contributed by atoms with Crippen molar-refractivity contribution in [2.45, 2.75) is 26.4 Å². The normalized spacial score (nSPS) is 12.2. The highest BCUT2D eigenvalue weighted by atomic mass is 16.3. The van der Waals surface area contributed by atoms with Crippen LogP contribution in [0.15, 0.2) is 42.7 Å². The Morgan fingerprint density at radius 1 is 1.18 bits per heavy atom. The Morgan fingerprint density at radius 3 is 2.41 bits per heavy atom. The number of rotatable bonds is 6. The maximum Gasteiger partial charge on any atom is 0.254 e. The number of nitrogens with zero attached hydrogens (tertiary/aromatic N) is 2. The molecule has 2 rings (SSSR count). The van der Waals surface area contributed by atoms with Gasteiger partial charge in [-0.2, -0.15) is 0 Å². The van der Waals surface area contributed by atoms with Crippen LogP contribution in [0.3, 0.4) is 0 Å². The van der Waals surface area contributed by atoms with Crippen LogP contribution < -0.4 is 5.32 Å². The zero-order chi connectivity index (χ0) is 15.9. The first-order valence-corrected chi connectivity index (χ1v) is 7.41. The van der Waals surface area contributed by atoms with E-state index in [1.165, 1.54) is 12.4 Å². The van der Waals surface area contributed by atoms with E-state index in [0.29, 0.717) is 24.4 Å². The second-order valence-electron chi connectivity index (χ2n) is 5.52. The summed E-state index contributed by atoms with van der Waals surface area (Å²) in [5, 5.41) is 12.5. The summed E-state index contributed by atoms with van der Waals surface area (Å²) in [7, 11) is 0.